The molecule has 1 unspecified atom stereocenters. The van der Waals surface area contributed by atoms with E-state index in [1.54, 1.807) is 12.1 Å². The van der Waals surface area contributed by atoms with Gasteiger partial charge in [0.25, 0.3) is 6.43 Å². The number of phenols is 1. The summed E-state index contributed by atoms with van der Waals surface area (Å²) in [5.74, 6) is 0.244. The number of hydrogen-bond donors (Lipinski definition) is 2. The van der Waals surface area contributed by atoms with Gasteiger partial charge in [-0.2, -0.15) is 0 Å². The first-order chi connectivity index (χ1) is 7.66. The molecular formula is C12H15F2NO. The van der Waals surface area contributed by atoms with Crippen LogP contribution in [-0.2, 0) is 6.42 Å². The van der Waals surface area contributed by atoms with Crippen molar-refractivity contribution < 1.29 is 13.9 Å². The molecule has 0 saturated carbocycles. The fourth-order valence-corrected chi connectivity index (χ4v) is 2.24. The van der Waals surface area contributed by atoms with E-state index < -0.39 is 6.43 Å². The van der Waals surface area contributed by atoms with Crippen LogP contribution < -0.4 is 5.32 Å². The number of alkyl halides is 2. The molecule has 1 aliphatic rings. The van der Waals surface area contributed by atoms with Crippen molar-refractivity contribution in [2.75, 3.05) is 6.54 Å². The molecule has 0 heterocycles. The van der Waals surface area contributed by atoms with Gasteiger partial charge in [0, 0.05) is 6.04 Å². The Morgan fingerprint density at radius 1 is 1.44 bits per heavy atom. The topological polar surface area (TPSA) is 32.3 Å². The lowest BCUT2D eigenvalue weighted by Crippen LogP contribution is -2.29. The highest BCUT2D eigenvalue weighted by atomic mass is 19.3. The number of rotatable bonds is 3. The van der Waals surface area contributed by atoms with E-state index in [1.165, 1.54) is 0 Å². The van der Waals surface area contributed by atoms with E-state index in [2.05, 4.69) is 5.32 Å². The van der Waals surface area contributed by atoms with Crippen LogP contribution in [0.25, 0.3) is 0 Å². The Labute approximate surface area is 93.3 Å². The Kier molecular flexibility index (Phi) is 3.39. The number of halogens is 2. The van der Waals surface area contributed by atoms with Gasteiger partial charge in [-0.1, -0.05) is 6.07 Å². The molecule has 0 bridgehead atoms. The predicted molar refractivity (Wildman–Crippen MR) is 57.8 cm³/mol. The summed E-state index contributed by atoms with van der Waals surface area (Å²) >= 11 is 0. The number of fused-ring (bicyclic) bond motifs is 1. The maximum absolute atomic E-state index is 12.1. The highest BCUT2D eigenvalue weighted by Gasteiger charge is 2.20. The highest BCUT2D eigenvalue weighted by molar-refractivity contribution is 5.38. The molecule has 16 heavy (non-hydrogen) atoms. The van der Waals surface area contributed by atoms with Gasteiger partial charge >= 0.3 is 0 Å². The number of phenolic OH excluding ortho intramolecular Hbond substituents is 1. The average Bonchev–Trinajstić information content (AvgIpc) is 2.25. The van der Waals surface area contributed by atoms with Gasteiger partial charge in [0.15, 0.2) is 0 Å². The molecule has 2 rings (SSSR count). The van der Waals surface area contributed by atoms with Gasteiger partial charge < -0.3 is 10.4 Å². The van der Waals surface area contributed by atoms with Crippen molar-refractivity contribution in [3.63, 3.8) is 0 Å². The van der Waals surface area contributed by atoms with Crippen LogP contribution in [0.1, 0.15) is 30.0 Å². The number of benzene rings is 1. The van der Waals surface area contributed by atoms with Crippen LogP contribution in [0.4, 0.5) is 8.78 Å². The van der Waals surface area contributed by atoms with Gasteiger partial charge in [-0.15, -0.1) is 0 Å². The summed E-state index contributed by atoms with van der Waals surface area (Å²) in [4.78, 5) is 0. The van der Waals surface area contributed by atoms with E-state index in [0.29, 0.717) is 0 Å². The van der Waals surface area contributed by atoms with Crippen LogP contribution in [0.3, 0.4) is 0 Å². The van der Waals surface area contributed by atoms with Crippen molar-refractivity contribution in [3.05, 3.63) is 29.3 Å². The normalized spacial score (nSPS) is 19.8. The zero-order chi connectivity index (χ0) is 11.5. The minimum absolute atomic E-state index is 0.00153. The zero-order valence-corrected chi connectivity index (χ0v) is 8.92. The molecular weight excluding hydrogens is 212 g/mol. The van der Waals surface area contributed by atoms with E-state index in [0.717, 1.165) is 30.4 Å². The van der Waals surface area contributed by atoms with Gasteiger partial charge in [-0.25, -0.2) is 8.78 Å². The monoisotopic (exact) mass is 227 g/mol. The molecule has 2 N–H and O–H groups in total. The molecule has 1 atom stereocenters. The number of hydrogen-bond acceptors (Lipinski definition) is 2. The Hall–Kier alpha value is -1.16. The summed E-state index contributed by atoms with van der Waals surface area (Å²) in [6, 6.07) is 5.16. The summed E-state index contributed by atoms with van der Waals surface area (Å²) in [7, 11) is 0. The fourth-order valence-electron chi connectivity index (χ4n) is 2.24. The molecule has 2 nitrogen and oxygen atoms in total. The predicted octanol–water partition coefficient (Wildman–Crippen LogP) is 2.62. The SMILES string of the molecule is Oc1ccc2c(c1)CCCC2NCC(F)F. The van der Waals surface area contributed by atoms with Crippen molar-refractivity contribution >= 4 is 0 Å². The maximum atomic E-state index is 12.1. The molecule has 0 fully saturated rings. The average molecular weight is 227 g/mol. The first-order valence-electron chi connectivity index (χ1n) is 5.50. The molecule has 0 amide bonds. The van der Waals surface area contributed by atoms with Crippen LogP contribution >= 0.6 is 0 Å². The van der Waals surface area contributed by atoms with Gasteiger partial charge in [0.1, 0.15) is 5.75 Å². The lowest BCUT2D eigenvalue weighted by Gasteiger charge is -2.26. The molecule has 0 spiro atoms. The van der Waals surface area contributed by atoms with Crippen molar-refractivity contribution in [1.29, 1.82) is 0 Å². The zero-order valence-electron chi connectivity index (χ0n) is 8.92. The lowest BCUT2D eigenvalue weighted by atomic mass is 9.87. The first-order valence-corrected chi connectivity index (χ1v) is 5.50. The second-order valence-electron chi connectivity index (χ2n) is 4.13. The van der Waals surface area contributed by atoms with Gasteiger partial charge in [0.2, 0.25) is 0 Å². The quantitative estimate of drug-likeness (QED) is 0.832. The van der Waals surface area contributed by atoms with Crippen LogP contribution in [0, 0.1) is 0 Å². The van der Waals surface area contributed by atoms with Gasteiger partial charge in [-0.05, 0) is 42.5 Å². The van der Waals surface area contributed by atoms with Crippen molar-refractivity contribution in [3.8, 4) is 5.75 Å². The summed E-state index contributed by atoms with van der Waals surface area (Å²) < 4.78 is 24.3. The molecule has 0 aromatic heterocycles. The number of nitrogens with one attached hydrogen (secondary N) is 1. The third-order valence-electron chi connectivity index (χ3n) is 2.96. The molecule has 1 aromatic rings. The second kappa shape index (κ2) is 4.78. The third kappa shape index (κ3) is 2.50. The van der Waals surface area contributed by atoms with Crippen LogP contribution in [-0.4, -0.2) is 18.1 Å². The van der Waals surface area contributed by atoms with E-state index in [-0.39, 0.29) is 18.3 Å². The van der Waals surface area contributed by atoms with Gasteiger partial charge in [-0.3, -0.25) is 0 Å². The van der Waals surface area contributed by atoms with Gasteiger partial charge in [0.05, 0.1) is 6.54 Å². The molecule has 1 aromatic carbocycles. The number of aromatic hydroxyl groups is 1. The smallest absolute Gasteiger partial charge is 0.250 e. The Bertz CT molecular complexity index is 368. The lowest BCUT2D eigenvalue weighted by molar-refractivity contribution is 0.140. The second-order valence-corrected chi connectivity index (χ2v) is 4.13. The summed E-state index contributed by atoms with van der Waals surface area (Å²) in [6.45, 7) is -0.273. The molecule has 0 aliphatic heterocycles. The summed E-state index contributed by atoms with van der Waals surface area (Å²) in [5.41, 5.74) is 2.11. The standard InChI is InChI=1S/C12H15F2NO/c13-12(14)7-15-11-3-1-2-8-6-9(16)4-5-10(8)11/h4-6,11-12,15-16H,1-3,7H2. The summed E-state index contributed by atoms with van der Waals surface area (Å²) in [5, 5.41) is 12.2. The van der Waals surface area contributed by atoms with Crippen molar-refractivity contribution in [1.82, 2.24) is 5.32 Å². The van der Waals surface area contributed by atoms with Crippen molar-refractivity contribution in [2.24, 2.45) is 0 Å². The Balaban J connectivity index is 2.13. The Morgan fingerprint density at radius 3 is 3.00 bits per heavy atom. The maximum Gasteiger partial charge on any atom is 0.250 e. The fraction of sp³-hybridized carbons (Fsp3) is 0.500. The molecule has 4 heteroatoms. The molecule has 0 saturated heterocycles. The van der Waals surface area contributed by atoms with Crippen molar-refractivity contribution in [2.45, 2.75) is 31.7 Å². The Morgan fingerprint density at radius 2 is 2.25 bits per heavy atom. The van der Waals surface area contributed by atoms with E-state index in [4.69, 9.17) is 0 Å². The minimum Gasteiger partial charge on any atom is -0.508 e. The minimum atomic E-state index is -2.32. The highest BCUT2D eigenvalue weighted by Crippen LogP contribution is 2.31. The summed E-state index contributed by atoms with van der Waals surface area (Å²) in [6.07, 6.45) is 0.445. The van der Waals surface area contributed by atoms with E-state index in [1.807, 2.05) is 6.07 Å². The molecule has 1 aliphatic carbocycles. The van der Waals surface area contributed by atoms with E-state index >= 15 is 0 Å². The molecule has 88 valence electrons. The van der Waals surface area contributed by atoms with E-state index in [9.17, 15) is 13.9 Å². The third-order valence-corrected chi connectivity index (χ3v) is 2.96. The first kappa shape index (κ1) is 11.3. The largest absolute Gasteiger partial charge is 0.508 e. The van der Waals surface area contributed by atoms with Crippen LogP contribution in [0.15, 0.2) is 18.2 Å². The molecule has 0 radical (unpaired) electrons. The van der Waals surface area contributed by atoms with Crippen LogP contribution in [0.5, 0.6) is 5.75 Å². The number of aryl methyl sites for hydroxylation is 1. The van der Waals surface area contributed by atoms with Crippen LogP contribution in [0.2, 0.25) is 0 Å².